The molecule has 0 aliphatic heterocycles. The summed E-state index contributed by atoms with van der Waals surface area (Å²) >= 11 is 5.85. The molecule has 0 saturated heterocycles. The van der Waals surface area contributed by atoms with Crippen LogP contribution in [0.25, 0.3) is 11.3 Å². The monoisotopic (exact) mass is 606 g/mol. The topological polar surface area (TPSA) is 105 Å². The second-order valence-corrected chi connectivity index (χ2v) is 11.4. The maximum atomic E-state index is 9.77. The largest absolute Gasteiger partial charge is 0.504 e. The Balaban J connectivity index is 0.000000167. The van der Waals surface area contributed by atoms with E-state index in [-0.39, 0.29) is 11.8 Å². The molecule has 9 heteroatoms. The van der Waals surface area contributed by atoms with Crippen molar-refractivity contribution in [3.63, 3.8) is 0 Å². The number of hydrogen-bond donors (Lipinski definition) is 3. The molecule has 44 heavy (non-hydrogen) atoms. The third-order valence-corrected chi connectivity index (χ3v) is 8.28. The number of nitrogens with zero attached hydrogens (tertiary/aromatic N) is 4. The van der Waals surface area contributed by atoms with Crippen molar-refractivity contribution in [2.75, 3.05) is 17.7 Å². The molecule has 2 aliphatic rings. The van der Waals surface area contributed by atoms with E-state index < -0.39 is 0 Å². The smallest absolute Gasteiger partial charge is 0.161 e. The fraction of sp³-hybridized carbons (Fsp3) is 0.257. The summed E-state index contributed by atoms with van der Waals surface area (Å²) in [6.07, 6.45) is 13.6. The van der Waals surface area contributed by atoms with Crippen LogP contribution in [0.4, 0.5) is 11.6 Å². The highest BCUT2D eigenvalue weighted by Crippen LogP contribution is 2.34. The molecule has 0 saturated carbocycles. The zero-order chi connectivity index (χ0) is 30.3. The standard InChI is InChI=1S/C21H21N3O2.C14H14ClN3/c1-26-20-11-15(9-10-19(20)25)18-12-22-13-21(24-18)23-17-8-4-6-14-5-2-3-7-16(14)17;15-13-8-16-9-14(18-13)17-12-7-3-5-10-4-1-2-6-11(10)12/h2-3,5,7,9-13,17,25H,4,6,8H2,1H3,(H,23,24);1-2,4,6,8-9,12H,3,5,7H2,(H,17,18)/t17-;12-/m11/s1. The first-order valence-corrected chi connectivity index (χ1v) is 15.3. The zero-order valence-corrected chi connectivity index (χ0v) is 25.3. The number of anilines is 2. The minimum Gasteiger partial charge on any atom is -0.504 e. The van der Waals surface area contributed by atoms with Crippen molar-refractivity contribution in [2.24, 2.45) is 0 Å². The Morgan fingerprint density at radius 1 is 0.750 bits per heavy atom. The first kappa shape index (κ1) is 29.4. The summed E-state index contributed by atoms with van der Waals surface area (Å²) < 4.78 is 5.18. The van der Waals surface area contributed by atoms with Gasteiger partial charge in [0.15, 0.2) is 11.5 Å². The van der Waals surface area contributed by atoms with Crippen LogP contribution in [0, 0.1) is 0 Å². The average Bonchev–Trinajstić information content (AvgIpc) is 3.06. The molecule has 3 N–H and O–H groups in total. The van der Waals surface area contributed by atoms with Crippen LogP contribution in [0.5, 0.6) is 11.5 Å². The number of aromatic nitrogens is 4. The normalized spacial score (nSPS) is 16.9. The van der Waals surface area contributed by atoms with E-state index >= 15 is 0 Å². The number of halogens is 1. The molecule has 0 radical (unpaired) electrons. The van der Waals surface area contributed by atoms with Crippen LogP contribution in [-0.4, -0.2) is 32.2 Å². The summed E-state index contributed by atoms with van der Waals surface area (Å²) in [4.78, 5) is 17.3. The molecule has 0 fully saturated rings. The van der Waals surface area contributed by atoms with E-state index in [9.17, 15) is 5.11 Å². The van der Waals surface area contributed by atoms with E-state index in [1.807, 2.05) is 6.07 Å². The van der Waals surface area contributed by atoms with Crippen molar-refractivity contribution in [1.29, 1.82) is 0 Å². The molecular formula is C35H35ClN6O2. The molecule has 2 aliphatic carbocycles. The number of fused-ring (bicyclic) bond motifs is 2. The van der Waals surface area contributed by atoms with Crippen molar-refractivity contribution < 1.29 is 9.84 Å². The number of hydrogen-bond acceptors (Lipinski definition) is 8. The summed E-state index contributed by atoms with van der Waals surface area (Å²) in [5, 5.41) is 17.1. The van der Waals surface area contributed by atoms with Crippen molar-refractivity contribution in [1.82, 2.24) is 19.9 Å². The van der Waals surface area contributed by atoms with Gasteiger partial charge < -0.3 is 20.5 Å². The molecule has 0 unspecified atom stereocenters. The van der Waals surface area contributed by atoms with Crippen LogP contribution in [-0.2, 0) is 12.8 Å². The van der Waals surface area contributed by atoms with Gasteiger partial charge in [0.1, 0.15) is 16.8 Å². The molecule has 224 valence electrons. The highest BCUT2D eigenvalue weighted by molar-refractivity contribution is 6.29. The molecule has 2 aromatic heterocycles. The maximum absolute atomic E-state index is 9.77. The van der Waals surface area contributed by atoms with Crippen LogP contribution < -0.4 is 15.4 Å². The van der Waals surface area contributed by atoms with Gasteiger partial charge in [0, 0.05) is 5.56 Å². The number of rotatable bonds is 6. The third-order valence-electron chi connectivity index (χ3n) is 8.10. The van der Waals surface area contributed by atoms with E-state index in [0.717, 1.165) is 55.0 Å². The molecule has 5 aromatic rings. The lowest BCUT2D eigenvalue weighted by molar-refractivity contribution is 0.373. The van der Waals surface area contributed by atoms with E-state index in [2.05, 4.69) is 74.1 Å². The highest BCUT2D eigenvalue weighted by Gasteiger charge is 2.21. The summed E-state index contributed by atoms with van der Waals surface area (Å²) in [5.41, 5.74) is 7.12. The van der Waals surface area contributed by atoms with Crippen LogP contribution >= 0.6 is 11.6 Å². The minimum atomic E-state index is 0.109. The Morgan fingerprint density at radius 3 is 1.95 bits per heavy atom. The summed E-state index contributed by atoms with van der Waals surface area (Å²) in [5.74, 6) is 2.02. The van der Waals surface area contributed by atoms with Gasteiger partial charge in [0.2, 0.25) is 0 Å². The van der Waals surface area contributed by atoms with E-state index in [0.29, 0.717) is 16.9 Å². The predicted octanol–water partition coefficient (Wildman–Crippen LogP) is 7.97. The molecule has 3 aromatic carbocycles. The fourth-order valence-corrected chi connectivity index (χ4v) is 6.14. The van der Waals surface area contributed by atoms with Gasteiger partial charge in [-0.2, -0.15) is 0 Å². The van der Waals surface area contributed by atoms with Crippen molar-refractivity contribution in [3.05, 3.63) is 119 Å². The minimum absolute atomic E-state index is 0.109. The summed E-state index contributed by atoms with van der Waals surface area (Å²) in [7, 11) is 1.53. The Hall–Kier alpha value is -4.69. The van der Waals surface area contributed by atoms with Gasteiger partial charge in [0.25, 0.3) is 0 Å². The fourth-order valence-electron chi connectivity index (χ4n) is 5.99. The van der Waals surface area contributed by atoms with Gasteiger partial charge in [-0.05, 0) is 79.0 Å². The molecule has 0 bridgehead atoms. The summed E-state index contributed by atoms with van der Waals surface area (Å²) in [6.45, 7) is 0. The maximum Gasteiger partial charge on any atom is 0.161 e. The van der Waals surface area contributed by atoms with Crippen LogP contribution in [0.15, 0.2) is 91.5 Å². The van der Waals surface area contributed by atoms with Gasteiger partial charge in [-0.1, -0.05) is 60.1 Å². The molecule has 7 rings (SSSR count). The quantitative estimate of drug-likeness (QED) is 0.179. The lowest BCUT2D eigenvalue weighted by Gasteiger charge is -2.26. The molecule has 2 heterocycles. The highest BCUT2D eigenvalue weighted by atomic mass is 35.5. The van der Waals surface area contributed by atoms with Crippen LogP contribution in [0.2, 0.25) is 5.15 Å². The van der Waals surface area contributed by atoms with Gasteiger partial charge in [-0.15, -0.1) is 0 Å². The Morgan fingerprint density at radius 2 is 1.34 bits per heavy atom. The second kappa shape index (κ2) is 13.7. The average molecular weight is 607 g/mol. The van der Waals surface area contributed by atoms with Crippen LogP contribution in [0.1, 0.15) is 60.0 Å². The molecular weight excluding hydrogens is 572 g/mol. The molecule has 2 atom stereocenters. The zero-order valence-electron chi connectivity index (χ0n) is 24.6. The number of aromatic hydroxyl groups is 1. The molecule has 0 amide bonds. The van der Waals surface area contributed by atoms with E-state index in [1.165, 1.54) is 35.8 Å². The van der Waals surface area contributed by atoms with Crippen molar-refractivity contribution in [3.8, 4) is 22.8 Å². The molecule has 0 spiro atoms. The lowest BCUT2D eigenvalue weighted by atomic mass is 9.88. The SMILES string of the molecule is COc1cc(-c2cncc(N[C@@H]3CCCc4ccccc43)n2)ccc1O.Clc1cncc(N[C@@H]2CCCc3ccccc32)n1. The lowest BCUT2D eigenvalue weighted by Crippen LogP contribution is -2.18. The number of phenols is 1. The Bertz CT molecular complexity index is 1730. The van der Waals surface area contributed by atoms with Crippen LogP contribution in [0.3, 0.4) is 0 Å². The number of aryl methyl sites for hydroxylation is 2. The number of benzene rings is 3. The molecule has 8 nitrogen and oxygen atoms in total. The number of methoxy groups -OCH3 is 1. The number of nitrogens with one attached hydrogen (secondary N) is 2. The number of phenolic OH excluding ortho intramolecular Hbond substituents is 1. The van der Waals surface area contributed by atoms with E-state index in [4.69, 9.17) is 21.3 Å². The van der Waals surface area contributed by atoms with Crippen molar-refractivity contribution >= 4 is 23.2 Å². The van der Waals surface area contributed by atoms with Gasteiger partial charge in [-0.3, -0.25) is 9.97 Å². The first-order chi connectivity index (χ1) is 21.6. The third kappa shape index (κ3) is 6.92. The van der Waals surface area contributed by atoms with Gasteiger partial charge in [-0.25, -0.2) is 9.97 Å². The first-order valence-electron chi connectivity index (χ1n) is 14.9. The van der Waals surface area contributed by atoms with Gasteiger partial charge >= 0.3 is 0 Å². The van der Waals surface area contributed by atoms with E-state index in [1.54, 1.807) is 36.9 Å². The van der Waals surface area contributed by atoms with Gasteiger partial charge in [0.05, 0.1) is 49.7 Å². The number of ether oxygens (including phenoxy) is 1. The Labute approximate surface area is 262 Å². The predicted molar refractivity (Wildman–Crippen MR) is 174 cm³/mol. The Kier molecular flexibility index (Phi) is 9.17. The second-order valence-electron chi connectivity index (χ2n) is 11.0. The van der Waals surface area contributed by atoms with Crippen molar-refractivity contribution in [2.45, 2.75) is 50.6 Å². The summed E-state index contributed by atoms with van der Waals surface area (Å²) in [6, 6.07) is 22.9.